The molecule has 1 aromatic heterocycles. The lowest BCUT2D eigenvalue weighted by atomic mass is 9.83. The van der Waals surface area contributed by atoms with E-state index < -0.39 is 0 Å². The summed E-state index contributed by atoms with van der Waals surface area (Å²) in [6.45, 7) is 2.81. The Morgan fingerprint density at radius 3 is 2.78 bits per heavy atom. The van der Waals surface area contributed by atoms with Crippen LogP contribution in [-0.4, -0.2) is 26.8 Å². The van der Waals surface area contributed by atoms with E-state index in [-0.39, 0.29) is 12.1 Å². The van der Waals surface area contributed by atoms with Crippen LogP contribution in [0.25, 0.3) is 0 Å². The number of fused-ring (bicyclic) bond motifs is 1. The molecule has 3 aliphatic rings. The Morgan fingerprint density at radius 1 is 1.09 bits per heavy atom. The third-order valence-corrected chi connectivity index (χ3v) is 5.62. The Hall–Kier alpha value is -1.59. The number of aryl methyl sites for hydroxylation is 2. The topological polar surface area (TPSA) is 71.8 Å². The zero-order valence-corrected chi connectivity index (χ0v) is 13.9. The fourth-order valence-corrected chi connectivity index (χ4v) is 4.34. The summed E-state index contributed by atoms with van der Waals surface area (Å²) in [4.78, 5) is 16.9. The first-order valence-corrected chi connectivity index (χ1v) is 9.17. The quantitative estimate of drug-likeness (QED) is 0.900. The van der Waals surface area contributed by atoms with Crippen LogP contribution in [0.3, 0.4) is 0 Å². The molecular formula is C17H27N5O. The van der Waals surface area contributed by atoms with E-state index in [1.54, 1.807) is 0 Å². The van der Waals surface area contributed by atoms with Gasteiger partial charge in [-0.2, -0.15) is 5.10 Å². The van der Waals surface area contributed by atoms with Crippen LogP contribution in [0.2, 0.25) is 0 Å². The van der Waals surface area contributed by atoms with E-state index in [0.29, 0.717) is 6.04 Å². The van der Waals surface area contributed by atoms with Gasteiger partial charge in [0.1, 0.15) is 11.6 Å². The van der Waals surface area contributed by atoms with Gasteiger partial charge in [-0.3, -0.25) is 0 Å². The predicted molar refractivity (Wildman–Crippen MR) is 86.9 cm³/mol. The molecule has 0 spiro atoms. The lowest BCUT2D eigenvalue weighted by Gasteiger charge is -2.31. The molecule has 0 saturated heterocycles. The normalized spacial score (nSPS) is 30.6. The Balaban J connectivity index is 1.33. The van der Waals surface area contributed by atoms with E-state index in [9.17, 15) is 4.79 Å². The zero-order valence-electron chi connectivity index (χ0n) is 13.9. The van der Waals surface area contributed by atoms with E-state index in [2.05, 4.69) is 20.7 Å². The first-order chi connectivity index (χ1) is 11.2. The first-order valence-electron chi connectivity index (χ1n) is 9.17. The maximum atomic E-state index is 12.4. The van der Waals surface area contributed by atoms with Gasteiger partial charge in [0.2, 0.25) is 0 Å². The van der Waals surface area contributed by atoms with Gasteiger partial charge in [-0.1, -0.05) is 12.8 Å². The van der Waals surface area contributed by atoms with Gasteiger partial charge < -0.3 is 10.6 Å². The van der Waals surface area contributed by atoms with E-state index in [1.165, 1.54) is 25.7 Å². The van der Waals surface area contributed by atoms with Gasteiger partial charge in [-0.15, -0.1) is 0 Å². The second kappa shape index (κ2) is 6.13. The van der Waals surface area contributed by atoms with Crippen LogP contribution in [-0.2, 0) is 6.54 Å². The molecule has 6 heteroatoms. The molecule has 2 aliphatic carbocycles. The molecule has 2 amide bonds. The molecule has 2 N–H and O–H groups in total. The van der Waals surface area contributed by atoms with E-state index in [4.69, 9.17) is 0 Å². The van der Waals surface area contributed by atoms with Crippen molar-refractivity contribution < 1.29 is 4.79 Å². The van der Waals surface area contributed by atoms with Gasteiger partial charge in [0.05, 0.1) is 6.04 Å². The molecule has 4 rings (SSSR count). The van der Waals surface area contributed by atoms with Crippen molar-refractivity contribution in [1.29, 1.82) is 0 Å². The van der Waals surface area contributed by atoms with Gasteiger partial charge >= 0.3 is 6.03 Å². The molecule has 2 fully saturated rings. The zero-order chi connectivity index (χ0) is 15.8. The summed E-state index contributed by atoms with van der Waals surface area (Å²) >= 11 is 0. The molecule has 0 aromatic carbocycles. The SMILES string of the molecule is Cc1nc2n(n1)CCC[C@@H]2NC(=O)N[C@@H]1CCC[C@@H](C2CC2)C1. The Morgan fingerprint density at radius 2 is 1.96 bits per heavy atom. The van der Waals surface area contributed by atoms with Crippen molar-refractivity contribution in [3.8, 4) is 0 Å². The maximum Gasteiger partial charge on any atom is 0.315 e. The average molecular weight is 317 g/mol. The van der Waals surface area contributed by atoms with Gasteiger partial charge in [-0.05, 0) is 57.3 Å². The predicted octanol–water partition coefficient (Wildman–Crippen LogP) is 2.69. The monoisotopic (exact) mass is 317 g/mol. The third-order valence-electron chi connectivity index (χ3n) is 5.62. The summed E-state index contributed by atoms with van der Waals surface area (Å²) in [5.41, 5.74) is 0. The lowest BCUT2D eigenvalue weighted by molar-refractivity contribution is 0.214. The van der Waals surface area contributed by atoms with Crippen molar-refractivity contribution in [1.82, 2.24) is 25.4 Å². The number of rotatable bonds is 3. The first kappa shape index (κ1) is 15.0. The minimum absolute atomic E-state index is 0.00669. The molecule has 3 atom stereocenters. The summed E-state index contributed by atoms with van der Waals surface area (Å²) in [6.07, 6.45) is 9.68. The van der Waals surface area contributed by atoms with E-state index >= 15 is 0 Å². The molecule has 0 bridgehead atoms. The van der Waals surface area contributed by atoms with Crippen LogP contribution in [0.15, 0.2) is 0 Å². The second-order valence-corrected chi connectivity index (χ2v) is 7.51. The molecule has 2 saturated carbocycles. The van der Waals surface area contributed by atoms with Gasteiger partial charge in [0, 0.05) is 12.6 Å². The Bertz CT molecular complexity index is 580. The van der Waals surface area contributed by atoms with Gasteiger partial charge in [-0.25, -0.2) is 14.5 Å². The molecule has 2 heterocycles. The Labute approximate surface area is 137 Å². The van der Waals surface area contributed by atoms with Crippen molar-refractivity contribution >= 4 is 6.03 Å². The van der Waals surface area contributed by atoms with Crippen LogP contribution in [0.1, 0.15) is 69.1 Å². The number of hydrogen-bond donors (Lipinski definition) is 2. The number of hydrogen-bond acceptors (Lipinski definition) is 3. The van der Waals surface area contributed by atoms with Crippen molar-refractivity contribution in [2.75, 3.05) is 0 Å². The maximum absolute atomic E-state index is 12.4. The molecule has 1 aromatic rings. The molecule has 6 nitrogen and oxygen atoms in total. The largest absolute Gasteiger partial charge is 0.335 e. The molecule has 126 valence electrons. The highest BCUT2D eigenvalue weighted by Crippen LogP contribution is 2.43. The van der Waals surface area contributed by atoms with Crippen molar-refractivity contribution in [2.45, 2.75) is 76.9 Å². The van der Waals surface area contributed by atoms with Gasteiger partial charge in [0.15, 0.2) is 0 Å². The number of amides is 2. The van der Waals surface area contributed by atoms with Crippen LogP contribution >= 0.6 is 0 Å². The molecule has 0 unspecified atom stereocenters. The standard InChI is InChI=1S/C17H27N5O/c1-11-18-16-15(6-3-9-22(16)21-11)20-17(23)19-14-5-2-4-13(10-14)12-7-8-12/h12-15H,2-10H2,1H3,(H2,19,20,23)/t13-,14-,15+/m1/s1. The summed E-state index contributed by atoms with van der Waals surface area (Å²) < 4.78 is 1.94. The minimum atomic E-state index is -0.0365. The highest BCUT2D eigenvalue weighted by molar-refractivity contribution is 5.74. The molecule has 1 aliphatic heterocycles. The average Bonchev–Trinajstić information content (AvgIpc) is 3.29. The summed E-state index contributed by atoms with van der Waals surface area (Å²) in [5.74, 6) is 3.48. The summed E-state index contributed by atoms with van der Waals surface area (Å²) in [5, 5.41) is 10.7. The smallest absolute Gasteiger partial charge is 0.315 e. The number of nitrogens with zero attached hydrogens (tertiary/aromatic N) is 3. The summed E-state index contributed by atoms with van der Waals surface area (Å²) in [7, 11) is 0. The second-order valence-electron chi connectivity index (χ2n) is 7.51. The van der Waals surface area contributed by atoms with E-state index in [0.717, 1.165) is 55.7 Å². The highest BCUT2D eigenvalue weighted by Gasteiger charge is 2.35. The number of nitrogens with one attached hydrogen (secondary N) is 2. The minimum Gasteiger partial charge on any atom is -0.335 e. The molecular weight excluding hydrogens is 290 g/mol. The van der Waals surface area contributed by atoms with Crippen molar-refractivity contribution in [3.05, 3.63) is 11.6 Å². The van der Waals surface area contributed by atoms with Crippen LogP contribution in [0, 0.1) is 18.8 Å². The molecule has 23 heavy (non-hydrogen) atoms. The molecule has 0 radical (unpaired) electrons. The fraction of sp³-hybridized carbons (Fsp3) is 0.824. The van der Waals surface area contributed by atoms with Gasteiger partial charge in [0.25, 0.3) is 0 Å². The van der Waals surface area contributed by atoms with Crippen LogP contribution in [0.5, 0.6) is 0 Å². The lowest BCUT2D eigenvalue weighted by Crippen LogP contribution is -2.46. The van der Waals surface area contributed by atoms with Crippen molar-refractivity contribution in [2.24, 2.45) is 11.8 Å². The Kier molecular flexibility index (Phi) is 3.99. The van der Waals surface area contributed by atoms with Crippen LogP contribution < -0.4 is 10.6 Å². The third kappa shape index (κ3) is 3.35. The number of carbonyl (C=O) groups excluding carboxylic acids is 1. The fourth-order valence-electron chi connectivity index (χ4n) is 4.34. The van der Waals surface area contributed by atoms with Crippen LogP contribution in [0.4, 0.5) is 4.79 Å². The number of carbonyl (C=O) groups is 1. The number of urea groups is 1. The number of aromatic nitrogens is 3. The van der Waals surface area contributed by atoms with Crippen molar-refractivity contribution in [3.63, 3.8) is 0 Å². The summed E-state index contributed by atoms with van der Waals surface area (Å²) in [6, 6.07) is 0.302. The highest BCUT2D eigenvalue weighted by atomic mass is 16.2. The van der Waals surface area contributed by atoms with E-state index in [1.807, 2.05) is 11.6 Å².